The Morgan fingerprint density at radius 1 is 1.04 bits per heavy atom. The van der Waals surface area contributed by atoms with Crippen LogP contribution in [-0.4, -0.2) is 30.7 Å². The maximum Gasteiger partial charge on any atom is 0.148 e. The van der Waals surface area contributed by atoms with E-state index in [2.05, 4.69) is 16.0 Å². The summed E-state index contributed by atoms with van der Waals surface area (Å²) in [6, 6.07) is 14.2. The second-order valence-corrected chi connectivity index (χ2v) is 6.18. The van der Waals surface area contributed by atoms with Gasteiger partial charge in [0.05, 0.1) is 37.5 Å². The highest BCUT2D eigenvalue weighted by Crippen LogP contribution is 2.40. The Morgan fingerprint density at radius 2 is 1.88 bits per heavy atom. The molecule has 1 fully saturated rings. The van der Waals surface area contributed by atoms with E-state index in [0.717, 1.165) is 53.3 Å². The minimum atomic E-state index is 0.233. The fourth-order valence-electron chi connectivity index (χ4n) is 3.54. The number of aromatic nitrogens is 2. The molecular formula is C20H21N3O2. The van der Waals surface area contributed by atoms with E-state index in [1.807, 2.05) is 42.6 Å². The van der Waals surface area contributed by atoms with Crippen LogP contribution in [0.5, 0.6) is 11.5 Å². The van der Waals surface area contributed by atoms with Crippen molar-refractivity contribution in [1.29, 1.82) is 0 Å². The van der Waals surface area contributed by atoms with E-state index < -0.39 is 0 Å². The molecule has 3 aromatic rings. The van der Waals surface area contributed by atoms with E-state index in [1.165, 1.54) is 0 Å². The van der Waals surface area contributed by atoms with Crippen LogP contribution in [0.1, 0.15) is 24.4 Å². The number of para-hydroxylation sites is 2. The molecule has 5 nitrogen and oxygen atoms in total. The SMILES string of the molecule is COc1ccc([C@@H]2CCCN2c2cnc3ccccc3n2)c(OC)c1. The van der Waals surface area contributed by atoms with Gasteiger partial charge in [-0.3, -0.25) is 4.98 Å². The van der Waals surface area contributed by atoms with E-state index in [0.29, 0.717) is 0 Å². The van der Waals surface area contributed by atoms with Gasteiger partial charge in [0.25, 0.3) is 0 Å². The molecule has 0 radical (unpaired) electrons. The third-order valence-corrected chi connectivity index (χ3v) is 4.78. The number of nitrogens with zero attached hydrogens (tertiary/aromatic N) is 3. The molecule has 0 amide bonds. The predicted molar refractivity (Wildman–Crippen MR) is 98.4 cm³/mol. The lowest BCUT2D eigenvalue weighted by Gasteiger charge is -2.27. The van der Waals surface area contributed by atoms with Gasteiger partial charge in [-0.1, -0.05) is 12.1 Å². The molecule has 0 unspecified atom stereocenters. The highest BCUT2D eigenvalue weighted by atomic mass is 16.5. The van der Waals surface area contributed by atoms with Gasteiger partial charge in [0.1, 0.15) is 17.3 Å². The minimum absolute atomic E-state index is 0.233. The standard InChI is InChI=1S/C20H21N3O2/c1-24-14-9-10-15(19(12-14)25-2)18-8-5-11-23(18)20-13-21-16-6-3-4-7-17(16)22-20/h3-4,6-7,9-10,12-13,18H,5,8,11H2,1-2H3/t18-/m0/s1. The van der Waals surface area contributed by atoms with Gasteiger partial charge in [0.2, 0.25) is 0 Å². The highest BCUT2D eigenvalue weighted by Gasteiger charge is 2.29. The zero-order valence-electron chi connectivity index (χ0n) is 14.5. The van der Waals surface area contributed by atoms with Gasteiger partial charge in [-0.05, 0) is 37.1 Å². The van der Waals surface area contributed by atoms with Crippen LogP contribution in [0.4, 0.5) is 5.82 Å². The van der Waals surface area contributed by atoms with Crippen molar-refractivity contribution in [3.8, 4) is 11.5 Å². The Bertz CT molecular complexity index is 897. The first-order chi connectivity index (χ1) is 12.3. The van der Waals surface area contributed by atoms with Crippen molar-refractivity contribution in [2.45, 2.75) is 18.9 Å². The van der Waals surface area contributed by atoms with Gasteiger partial charge in [-0.2, -0.15) is 0 Å². The molecule has 2 aromatic carbocycles. The molecule has 0 saturated carbocycles. The van der Waals surface area contributed by atoms with Crippen LogP contribution in [0.2, 0.25) is 0 Å². The Labute approximate surface area is 147 Å². The van der Waals surface area contributed by atoms with Gasteiger partial charge < -0.3 is 14.4 Å². The summed E-state index contributed by atoms with van der Waals surface area (Å²) in [6.07, 6.45) is 4.06. The number of hydrogen-bond donors (Lipinski definition) is 0. The van der Waals surface area contributed by atoms with Crippen LogP contribution >= 0.6 is 0 Å². The van der Waals surface area contributed by atoms with Crippen LogP contribution in [0.3, 0.4) is 0 Å². The van der Waals surface area contributed by atoms with Gasteiger partial charge in [0.15, 0.2) is 0 Å². The number of anilines is 1. The highest BCUT2D eigenvalue weighted by molar-refractivity contribution is 5.75. The zero-order chi connectivity index (χ0) is 17.2. The second kappa shape index (κ2) is 6.59. The van der Waals surface area contributed by atoms with E-state index in [4.69, 9.17) is 14.5 Å². The summed E-state index contributed by atoms with van der Waals surface area (Å²) in [5.41, 5.74) is 3.01. The molecule has 5 heteroatoms. The lowest BCUT2D eigenvalue weighted by atomic mass is 10.0. The largest absolute Gasteiger partial charge is 0.497 e. The first kappa shape index (κ1) is 15.7. The summed E-state index contributed by atoms with van der Waals surface area (Å²) in [7, 11) is 3.37. The fraction of sp³-hybridized carbons (Fsp3) is 0.300. The molecule has 2 heterocycles. The first-order valence-corrected chi connectivity index (χ1v) is 8.50. The zero-order valence-corrected chi connectivity index (χ0v) is 14.5. The fourth-order valence-corrected chi connectivity index (χ4v) is 3.54. The third-order valence-electron chi connectivity index (χ3n) is 4.78. The Balaban J connectivity index is 1.72. The number of fused-ring (bicyclic) bond motifs is 1. The molecule has 1 atom stereocenters. The van der Waals surface area contributed by atoms with Gasteiger partial charge >= 0.3 is 0 Å². The molecule has 1 saturated heterocycles. The average molecular weight is 335 g/mol. The van der Waals surface area contributed by atoms with Crippen LogP contribution in [-0.2, 0) is 0 Å². The van der Waals surface area contributed by atoms with Crippen molar-refractivity contribution in [2.24, 2.45) is 0 Å². The quantitative estimate of drug-likeness (QED) is 0.721. The Kier molecular flexibility index (Phi) is 4.14. The smallest absolute Gasteiger partial charge is 0.148 e. The molecule has 128 valence electrons. The third kappa shape index (κ3) is 2.86. The monoisotopic (exact) mass is 335 g/mol. The Hall–Kier alpha value is -2.82. The molecular weight excluding hydrogens is 314 g/mol. The number of benzene rings is 2. The predicted octanol–water partition coefficient (Wildman–Crippen LogP) is 3.99. The Morgan fingerprint density at radius 3 is 2.68 bits per heavy atom. The van der Waals surface area contributed by atoms with Crippen LogP contribution in [0, 0.1) is 0 Å². The normalized spacial score (nSPS) is 17.0. The molecule has 0 N–H and O–H groups in total. The summed E-state index contributed by atoms with van der Waals surface area (Å²) in [6.45, 7) is 0.965. The van der Waals surface area contributed by atoms with E-state index in [1.54, 1.807) is 14.2 Å². The van der Waals surface area contributed by atoms with Crippen LogP contribution in [0.15, 0.2) is 48.7 Å². The van der Waals surface area contributed by atoms with Crippen LogP contribution in [0.25, 0.3) is 11.0 Å². The molecule has 0 aliphatic carbocycles. The number of methoxy groups -OCH3 is 2. The molecule has 1 aromatic heterocycles. The maximum absolute atomic E-state index is 5.61. The summed E-state index contributed by atoms with van der Waals surface area (Å²) < 4.78 is 10.9. The van der Waals surface area contributed by atoms with E-state index in [-0.39, 0.29) is 6.04 Å². The lowest BCUT2D eigenvalue weighted by Crippen LogP contribution is -2.24. The number of hydrogen-bond acceptors (Lipinski definition) is 5. The van der Waals surface area contributed by atoms with Crippen molar-refractivity contribution in [1.82, 2.24) is 9.97 Å². The average Bonchev–Trinajstić information content (AvgIpc) is 3.16. The maximum atomic E-state index is 5.61. The van der Waals surface area contributed by atoms with Gasteiger partial charge in [0, 0.05) is 18.2 Å². The molecule has 4 rings (SSSR count). The molecule has 1 aliphatic heterocycles. The van der Waals surface area contributed by atoms with Gasteiger partial charge in [-0.25, -0.2) is 4.98 Å². The summed E-state index contributed by atoms with van der Waals surface area (Å²) in [5.74, 6) is 2.57. The summed E-state index contributed by atoms with van der Waals surface area (Å²) in [5, 5.41) is 0. The molecule has 0 spiro atoms. The van der Waals surface area contributed by atoms with Gasteiger partial charge in [-0.15, -0.1) is 0 Å². The number of rotatable bonds is 4. The van der Waals surface area contributed by atoms with Crippen LogP contribution < -0.4 is 14.4 Å². The molecule has 0 bridgehead atoms. The first-order valence-electron chi connectivity index (χ1n) is 8.50. The topological polar surface area (TPSA) is 47.5 Å². The van der Waals surface area contributed by atoms with E-state index in [9.17, 15) is 0 Å². The number of ether oxygens (including phenoxy) is 2. The minimum Gasteiger partial charge on any atom is -0.497 e. The summed E-state index contributed by atoms with van der Waals surface area (Å²) >= 11 is 0. The van der Waals surface area contributed by atoms with Crippen molar-refractivity contribution in [3.63, 3.8) is 0 Å². The lowest BCUT2D eigenvalue weighted by molar-refractivity contribution is 0.388. The van der Waals surface area contributed by atoms with Crippen molar-refractivity contribution in [2.75, 3.05) is 25.7 Å². The summed E-state index contributed by atoms with van der Waals surface area (Å²) in [4.78, 5) is 11.7. The van der Waals surface area contributed by atoms with Crippen molar-refractivity contribution in [3.05, 3.63) is 54.2 Å². The van der Waals surface area contributed by atoms with E-state index >= 15 is 0 Å². The molecule has 25 heavy (non-hydrogen) atoms. The molecule has 1 aliphatic rings. The second-order valence-electron chi connectivity index (χ2n) is 6.18. The van der Waals surface area contributed by atoms with Crippen molar-refractivity contribution < 1.29 is 9.47 Å². The van der Waals surface area contributed by atoms with Crippen molar-refractivity contribution >= 4 is 16.9 Å².